The van der Waals surface area contributed by atoms with Crippen molar-refractivity contribution in [2.45, 2.75) is 13.0 Å². The smallest absolute Gasteiger partial charge is 0.101 e. The van der Waals surface area contributed by atoms with Crippen molar-refractivity contribution < 1.29 is 0 Å². The minimum absolute atomic E-state index is 0.714. The number of benzene rings is 1. The molecule has 0 aliphatic rings. The Hall–Kier alpha value is -2.38. The van der Waals surface area contributed by atoms with E-state index in [-0.39, 0.29) is 0 Å². The van der Waals surface area contributed by atoms with Crippen LogP contribution in [0.3, 0.4) is 0 Å². The van der Waals surface area contributed by atoms with E-state index in [2.05, 4.69) is 27.3 Å². The van der Waals surface area contributed by atoms with Gasteiger partial charge in [0.2, 0.25) is 0 Å². The maximum Gasteiger partial charge on any atom is 0.101 e. The summed E-state index contributed by atoms with van der Waals surface area (Å²) in [5, 5.41) is 12.4. The molecule has 108 valence electrons. The van der Waals surface area contributed by atoms with Gasteiger partial charge in [0, 0.05) is 38.4 Å². The SMILES string of the molecule is CNCc1ccc(N(C)CCc2ccccn2)c(C#N)c1. The van der Waals surface area contributed by atoms with E-state index in [4.69, 9.17) is 0 Å². The second-order valence-corrected chi connectivity index (χ2v) is 4.99. The normalized spacial score (nSPS) is 10.1. The van der Waals surface area contributed by atoms with Crippen LogP contribution in [-0.4, -0.2) is 25.6 Å². The predicted molar refractivity (Wildman–Crippen MR) is 85.1 cm³/mol. The van der Waals surface area contributed by atoms with E-state index in [0.717, 1.165) is 36.5 Å². The highest BCUT2D eigenvalue weighted by molar-refractivity contribution is 5.60. The van der Waals surface area contributed by atoms with Crippen molar-refractivity contribution >= 4 is 5.69 Å². The van der Waals surface area contributed by atoms with Crippen molar-refractivity contribution in [3.8, 4) is 6.07 Å². The van der Waals surface area contributed by atoms with Crippen LogP contribution >= 0.6 is 0 Å². The zero-order valence-corrected chi connectivity index (χ0v) is 12.5. The molecular formula is C17H20N4. The second-order valence-electron chi connectivity index (χ2n) is 4.99. The molecule has 0 saturated heterocycles. The van der Waals surface area contributed by atoms with Crippen LogP contribution in [0, 0.1) is 11.3 Å². The van der Waals surface area contributed by atoms with Gasteiger partial charge in [0.05, 0.1) is 11.3 Å². The Morgan fingerprint density at radius 2 is 2.14 bits per heavy atom. The van der Waals surface area contributed by atoms with E-state index in [9.17, 15) is 5.26 Å². The maximum absolute atomic E-state index is 9.34. The number of hydrogen-bond acceptors (Lipinski definition) is 4. The number of anilines is 1. The number of pyridine rings is 1. The van der Waals surface area contributed by atoms with Gasteiger partial charge in [-0.25, -0.2) is 0 Å². The van der Waals surface area contributed by atoms with Gasteiger partial charge in [-0.3, -0.25) is 4.98 Å². The van der Waals surface area contributed by atoms with Gasteiger partial charge >= 0.3 is 0 Å². The van der Waals surface area contributed by atoms with Crippen molar-refractivity contribution in [3.05, 3.63) is 59.4 Å². The lowest BCUT2D eigenvalue weighted by molar-refractivity contribution is 0.815. The third kappa shape index (κ3) is 4.04. The summed E-state index contributed by atoms with van der Waals surface area (Å²) >= 11 is 0. The number of nitrogens with zero attached hydrogens (tertiary/aromatic N) is 3. The number of aromatic nitrogens is 1. The lowest BCUT2D eigenvalue weighted by Gasteiger charge is -2.21. The highest BCUT2D eigenvalue weighted by Gasteiger charge is 2.08. The molecule has 2 rings (SSSR count). The second kappa shape index (κ2) is 7.41. The molecule has 1 heterocycles. The molecule has 0 radical (unpaired) electrons. The minimum Gasteiger partial charge on any atom is -0.373 e. The molecule has 0 unspecified atom stereocenters. The number of hydrogen-bond donors (Lipinski definition) is 1. The average molecular weight is 280 g/mol. The van der Waals surface area contributed by atoms with Crippen LogP contribution < -0.4 is 10.2 Å². The Labute approximate surface area is 126 Å². The summed E-state index contributed by atoms with van der Waals surface area (Å²) < 4.78 is 0. The van der Waals surface area contributed by atoms with Crippen LogP contribution in [0.1, 0.15) is 16.8 Å². The summed E-state index contributed by atoms with van der Waals surface area (Å²) in [5.74, 6) is 0. The number of likely N-dealkylation sites (N-methyl/N-ethyl adjacent to an activating group) is 1. The summed E-state index contributed by atoms with van der Waals surface area (Å²) in [6.07, 6.45) is 2.67. The zero-order chi connectivity index (χ0) is 15.1. The molecular weight excluding hydrogens is 260 g/mol. The van der Waals surface area contributed by atoms with E-state index in [1.165, 1.54) is 0 Å². The van der Waals surface area contributed by atoms with Crippen LogP contribution in [0.5, 0.6) is 0 Å². The summed E-state index contributed by atoms with van der Waals surface area (Å²) in [6.45, 7) is 1.60. The quantitative estimate of drug-likeness (QED) is 0.882. The van der Waals surface area contributed by atoms with Gasteiger partial charge in [-0.15, -0.1) is 0 Å². The fourth-order valence-electron chi connectivity index (χ4n) is 2.27. The molecule has 4 nitrogen and oxygen atoms in total. The van der Waals surface area contributed by atoms with Crippen LogP contribution in [0.4, 0.5) is 5.69 Å². The van der Waals surface area contributed by atoms with Crippen LogP contribution in [-0.2, 0) is 13.0 Å². The van der Waals surface area contributed by atoms with Gasteiger partial charge in [0.1, 0.15) is 6.07 Å². The standard InChI is InChI=1S/C17H20N4/c1-19-13-14-6-7-17(15(11-14)12-18)21(2)10-8-16-5-3-4-9-20-16/h3-7,9,11,19H,8,10,13H2,1-2H3. The molecule has 0 bridgehead atoms. The first-order valence-electron chi connectivity index (χ1n) is 7.03. The molecule has 4 heteroatoms. The molecule has 0 aliphatic carbocycles. The lowest BCUT2D eigenvalue weighted by Crippen LogP contribution is -2.21. The summed E-state index contributed by atoms with van der Waals surface area (Å²) in [5.41, 5.74) is 3.87. The molecule has 0 atom stereocenters. The zero-order valence-electron chi connectivity index (χ0n) is 12.5. The lowest BCUT2D eigenvalue weighted by atomic mass is 10.1. The molecule has 1 aromatic carbocycles. The monoisotopic (exact) mass is 280 g/mol. The van der Waals surface area contributed by atoms with Crippen LogP contribution in [0.25, 0.3) is 0 Å². The Kier molecular flexibility index (Phi) is 5.30. The average Bonchev–Trinajstić information content (AvgIpc) is 2.53. The molecule has 0 amide bonds. The Bertz CT molecular complexity index is 616. The number of nitrogens with one attached hydrogen (secondary N) is 1. The van der Waals surface area contributed by atoms with Gasteiger partial charge in [-0.1, -0.05) is 12.1 Å². The molecule has 0 spiro atoms. The first-order valence-corrected chi connectivity index (χ1v) is 7.03. The maximum atomic E-state index is 9.34. The van der Waals surface area contributed by atoms with Crippen LogP contribution in [0.15, 0.2) is 42.6 Å². The van der Waals surface area contributed by atoms with E-state index in [1.54, 1.807) is 0 Å². The molecule has 0 aliphatic heterocycles. The van der Waals surface area contributed by atoms with E-state index < -0.39 is 0 Å². The molecule has 0 fully saturated rings. The van der Waals surface area contributed by atoms with Crippen molar-refractivity contribution in [1.82, 2.24) is 10.3 Å². The summed E-state index contributed by atoms with van der Waals surface area (Å²) in [6, 6.07) is 14.2. The highest BCUT2D eigenvalue weighted by atomic mass is 15.1. The predicted octanol–water partition coefficient (Wildman–Crippen LogP) is 2.35. The van der Waals surface area contributed by atoms with Gasteiger partial charge in [0.15, 0.2) is 0 Å². The third-order valence-corrected chi connectivity index (χ3v) is 3.40. The van der Waals surface area contributed by atoms with Crippen molar-refractivity contribution in [2.24, 2.45) is 0 Å². The molecule has 2 aromatic rings. The van der Waals surface area contributed by atoms with Gasteiger partial charge < -0.3 is 10.2 Å². The summed E-state index contributed by atoms with van der Waals surface area (Å²) in [4.78, 5) is 6.43. The van der Waals surface area contributed by atoms with E-state index in [1.807, 2.05) is 50.6 Å². The first kappa shape index (κ1) is 15.0. The van der Waals surface area contributed by atoms with E-state index in [0.29, 0.717) is 5.56 Å². The molecule has 0 saturated carbocycles. The Morgan fingerprint density at radius 1 is 1.29 bits per heavy atom. The van der Waals surface area contributed by atoms with Crippen molar-refractivity contribution in [3.63, 3.8) is 0 Å². The fraction of sp³-hybridized carbons (Fsp3) is 0.294. The minimum atomic E-state index is 0.714. The van der Waals surface area contributed by atoms with Crippen molar-refractivity contribution in [1.29, 1.82) is 5.26 Å². The molecule has 1 aromatic heterocycles. The number of rotatable bonds is 6. The van der Waals surface area contributed by atoms with E-state index >= 15 is 0 Å². The topological polar surface area (TPSA) is 52.0 Å². The van der Waals surface area contributed by atoms with Gasteiger partial charge in [-0.05, 0) is 36.9 Å². The first-order chi connectivity index (χ1) is 10.2. The van der Waals surface area contributed by atoms with Gasteiger partial charge in [-0.2, -0.15) is 5.26 Å². The van der Waals surface area contributed by atoms with Crippen molar-refractivity contribution in [2.75, 3.05) is 25.5 Å². The molecule has 21 heavy (non-hydrogen) atoms. The summed E-state index contributed by atoms with van der Waals surface area (Å²) in [7, 11) is 3.91. The van der Waals surface area contributed by atoms with Crippen LogP contribution in [0.2, 0.25) is 0 Å². The fourth-order valence-corrected chi connectivity index (χ4v) is 2.27. The Morgan fingerprint density at radius 3 is 2.81 bits per heavy atom. The Balaban J connectivity index is 2.08. The molecule has 1 N–H and O–H groups in total. The third-order valence-electron chi connectivity index (χ3n) is 3.40. The highest BCUT2D eigenvalue weighted by Crippen LogP contribution is 2.20. The van der Waals surface area contributed by atoms with Gasteiger partial charge in [0.25, 0.3) is 0 Å². The number of nitriles is 1. The largest absolute Gasteiger partial charge is 0.373 e.